The maximum Gasteiger partial charge on any atom is 0.353 e. The van der Waals surface area contributed by atoms with Crippen molar-refractivity contribution in [1.82, 2.24) is 10.2 Å². The first-order valence-corrected chi connectivity index (χ1v) is 5.72. The van der Waals surface area contributed by atoms with Crippen LogP contribution in [0.5, 0.6) is 0 Å². The molecule has 0 fully saturated rings. The number of nitrogens with zero attached hydrogens (tertiary/aromatic N) is 1. The number of hydrogen-bond donors (Lipinski definition) is 2. The molecular weight excluding hydrogens is 254 g/mol. The van der Waals surface area contributed by atoms with E-state index in [0.717, 1.165) is 11.1 Å². The van der Waals surface area contributed by atoms with E-state index in [2.05, 4.69) is 10.2 Å². The lowest BCUT2D eigenvalue weighted by atomic mass is 10.1. The van der Waals surface area contributed by atoms with Crippen LogP contribution in [0.3, 0.4) is 0 Å². The Labute approximate surface area is 108 Å². The van der Waals surface area contributed by atoms with Crippen LogP contribution in [0.25, 0.3) is 11.3 Å². The van der Waals surface area contributed by atoms with Crippen LogP contribution in [0.4, 0.5) is 8.78 Å². The van der Waals surface area contributed by atoms with Crippen molar-refractivity contribution >= 4 is 5.97 Å². The van der Waals surface area contributed by atoms with Crippen LogP contribution in [0, 0.1) is 0 Å². The van der Waals surface area contributed by atoms with Crippen molar-refractivity contribution in [3.8, 4) is 11.3 Å². The van der Waals surface area contributed by atoms with Gasteiger partial charge in [-0.25, -0.2) is 13.6 Å². The van der Waals surface area contributed by atoms with Crippen LogP contribution in [0.15, 0.2) is 30.3 Å². The monoisotopic (exact) mass is 266 g/mol. The average molecular weight is 266 g/mol. The molecule has 0 aliphatic rings. The highest BCUT2D eigenvalue weighted by Crippen LogP contribution is 2.19. The zero-order valence-electron chi connectivity index (χ0n) is 9.94. The number of aromatic carboxylic acids is 1. The summed E-state index contributed by atoms with van der Waals surface area (Å²) in [7, 11) is 0. The number of aryl methyl sites for hydroxylation is 1. The van der Waals surface area contributed by atoms with Gasteiger partial charge in [-0.2, -0.15) is 5.10 Å². The van der Waals surface area contributed by atoms with Crippen LogP contribution in [0.2, 0.25) is 0 Å². The fraction of sp³-hybridized carbons (Fsp3) is 0.231. The highest BCUT2D eigenvalue weighted by Gasteiger charge is 2.09. The predicted octanol–water partition coefficient (Wildman–Crippen LogP) is 2.97. The van der Waals surface area contributed by atoms with E-state index in [1.54, 1.807) is 24.3 Å². The van der Waals surface area contributed by atoms with Crippen LogP contribution >= 0.6 is 0 Å². The van der Waals surface area contributed by atoms with E-state index in [-0.39, 0.29) is 12.1 Å². The van der Waals surface area contributed by atoms with Crippen molar-refractivity contribution in [3.63, 3.8) is 0 Å². The molecule has 0 bridgehead atoms. The van der Waals surface area contributed by atoms with Gasteiger partial charge in [0.2, 0.25) is 6.43 Å². The summed E-state index contributed by atoms with van der Waals surface area (Å²) in [6.45, 7) is 0. The third-order valence-electron chi connectivity index (χ3n) is 2.71. The fourth-order valence-corrected chi connectivity index (χ4v) is 1.70. The van der Waals surface area contributed by atoms with E-state index >= 15 is 0 Å². The summed E-state index contributed by atoms with van der Waals surface area (Å²) >= 11 is 0. The molecule has 6 heteroatoms. The number of alkyl halides is 2. The average Bonchev–Trinajstić information content (AvgIpc) is 2.86. The van der Waals surface area contributed by atoms with Crippen molar-refractivity contribution in [2.75, 3.05) is 0 Å². The normalized spacial score (nSPS) is 10.9. The number of carbonyl (C=O) groups is 1. The molecule has 2 rings (SSSR count). The summed E-state index contributed by atoms with van der Waals surface area (Å²) in [6.07, 6.45) is -2.15. The van der Waals surface area contributed by atoms with E-state index in [0.29, 0.717) is 12.1 Å². The molecule has 0 amide bonds. The quantitative estimate of drug-likeness (QED) is 0.874. The van der Waals surface area contributed by atoms with Crippen molar-refractivity contribution in [2.45, 2.75) is 19.3 Å². The predicted molar refractivity (Wildman–Crippen MR) is 65.3 cm³/mol. The first kappa shape index (κ1) is 13.2. The van der Waals surface area contributed by atoms with Gasteiger partial charge >= 0.3 is 5.97 Å². The highest BCUT2D eigenvalue weighted by molar-refractivity contribution is 5.86. The summed E-state index contributed by atoms with van der Waals surface area (Å²) in [6, 6.07) is 8.39. The first-order valence-electron chi connectivity index (χ1n) is 5.72. The molecule has 0 saturated carbocycles. The summed E-state index contributed by atoms with van der Waals surface area (Å²) in [5, 5.41) is 15.1. The molecule has 100 valence electrons. The van der Waals surface area contributed by atoms with Crippen LogP contribution < -0.4 is 0 Å². The molecule has 4 nitrogen and oxygen atoms in total. The van der Waals surface area contributed by atoms with Crippen LogP contribution in [-0.4, -0.2) is 27.7 Å². The van der Waals surface area contributed by atoms with Crippen molar-refractivity contribution < 1.29 is 18.7 Å². The van der Waals surface area contributed by atoms with Gasteiger partial charge in [0, 0.05) is 12.0 Å². The molecule has 2 aromatic rings. The first-order chi connectivity index (χ1) is 9.06. The third kappa shape index (κ3) is 3.37. The largest absolute Gasteiger partial charge is 0.477 e. The molecule has 0 atom stereocenters. The topological polar surface area (TPSA) is 66.0 Å². The number of carboxylic acid groups (broad SMARTS) is 1. The number of H-pyrrole nitrogens is 1. The zero-order valence-corrected chi connectivity index (χ0v) is 9.94. The standard InChI is InChI=1S/C13H12F2N2O2/c14-12(15)6-3-8-1-4-9(5-2-8)10-7-11(13(18)19)17-16-10/h1-2,4-5,7,12H,3,6H2,(H,16,17)(H,18,19). The smallest absolute Gasteiger partial charge is 0.353 e. The van der Waals surface area contributed by atoms with Gasteiger partial charge in [-0.15, -0.1) is 0 Å². The van der Waals surface area contributed by atoms with Gasteiger partial charge in [-0.05, 0) is 18.1 Å². The second-order valence-electron chi connectivity index (χ2n) is 4.10. The molecule has 0 spiro atoms. The molecule has 1 aromatic carbocycles. The maximum atomic E-state index is 12.1. The number of carboxylic acids is 1. The lowest BCUT2D eigenvalue weighted by Gasteiger charge is -2.02. The van der Waals surface area contributed by atoms with E-state index < -0.39 is 12.4 Å². The molecule has 0 saturated heterocycles. The molecule has 1 aromatic heterocycles. The van der Waals surface area contributed by atoms with E-state index in [4.69, 9.17) is 5.11 Å². The van der Waals surface area contributed by atoms with E-state index in [1.807, 2.05) is 0 Å². The molecule has 0 aliphatic heterocycles. The maximum absolute atomic E-state index is 12.1. The van der Waals surface area contributed by atoms with Gasteiger partial charge in [0.05, 0.1) is 5.69 Å². The number of hydrogen-bond acceptors (Lipinski definition) is 2. The lowest BCUT2D eigenvalue weighted by molar-refractivity contribution is 0.0690. The Morgan fingerprint density at radius 1 is 1.32 bits per heavy atom. The number of benzene rings is 1. The SMILES string of the molecule is O=C(O)c1cc(-c2ccc(CCC(F)F)cc2)n[nH]1. The summed E-state index contributed by atoms with van der Waals surface area (Å²) in [5.74, 6) is -1.08. The minimum absolute atomic E-state index is 0.0109. The van der Waals surface area contributed by atoms with Crippen molar-refractivity contribution in [3.05, 3.63) is 41.6 Å². The molecule has 19 heavy (non-hydrogen) atoms. The Bertz CT molecular complexity index is 564. The number of aromatic amines is 1. The van der Waals surface area contributed by atoms with E-state index in [9.17, 15) is 13.6 Å². The molecule has 0 unspecified atom stereocenters. The second kappa shape index (κ2) is 5.60. The van der Waals surface area contributed by atoms with Gasteiger partial charge in [-0.3, -0.25) is 5.10 Å². The molecular formula is C13H12F2N2O2. The van der Waals surface area contributed by atoms with Gasteiger partial charge < -0.3 is 5.11 Å². The third-order valence-corrected chi connectivity index (χ3v) is 2.71. The molecule has 0 radical (unpaired) electrons. The summed E-state index contributed by atoms with van der Waals surface area (Å²) in [4.78, 5) is 10.7. The van der Waals surface area contributed by atoms with Crippen LogP contribution in [0.1, 0.15) is 22.5 Å². The van der Waals surface area contributed by atoms with Gasteiger partial charge in [-0.1, -0.05) is 24.3 Å². The van der Waals surface area contributed by atoms with E-state index in [1.165, 1.54) is 6.07 Å². The molecule has 0 aliphatic carbocycles. The Morgan fingerprint density at radius 3 is 2.53 bits per heavy atom. The second-order valence-corrected chi connectivity index (χ2v) is 4.10. The van der Waals surface area contributed by atoms with Gasteiger partial charge in [0.15, 0.2) is 0 Å². The Balaban J connectivity index is 2.10. The summed E-state index contributed by atoms with van der Waals surface area (Å²) < 4.78 is 24.1. The lowest BCUT2D eigenvalue weighted by Crippen LogP contribution is -1.95. The van der Waals surface area contributed by atoms with Gasteiger partial charge in [0.25, 0.3) is 0 Å². The number of aromatic nitrogens is 2. The van der Waals surface area contributed by atoms with Crippen molar-refractivity contribution in [1.29, 1.82) is 0 Å². The number of nitrogens with one attached hydrogen (secondary N) is 1. The molecule has 1 heterocycles. The highest BCUT2D eigenvalue weighted by atomic mass is 19.3. The minimum Gasteiger partial charge on any atom is -0.477 e. The Kier molecular flexibility index (Phi) is 3.89. The number of halogens is 2. The Morgan fingerprint density at radius 2 is 2.00 bits per heavy atom. The van der Waals surface area contributed by atoms with Gasteiger partial charge in [0.1, 0.15) is 5.69 Å². The van der Waals surface area contributed by atoms with Crippen molar-refractivity contribution in [2.24, 2.45) is 0 Å². The summed E-state index contributed by atoms with van der Waals surface area (Å²) in [5.41, 5.74) is 2.08. The number of rotatable bonds is 5. The zero-order chi connectivity index (χ0) is 13.8. The van der Waals surface area contributed by atoms with Crippen LogP contribution in [-0.2, 0) is 6.42 Å². The fourth-order valence-electron chi connectivity index (χ4n) is 1.70. The minimum atomic E-state index is -2.30. The Hall–Kier alpha value is -2.24. The molecule has 2 N–H and O–H groups in total.